The maximum atomic E-state index is 13.6. The summed E-state index contributed by atoms with van der Waals surface area (Å²) >= 11 is 6.31. The molecule has 0 N–H and O–H groups in total. The van der Waals surface area contributed by atoms with Gasteiger partial charge in [-0.05, 0) is 48.6 Å². The van der Waals surface area contributed by atoms with Crippen molar-refractivity contribution in [1.82, 2.24) is 9.80 Å². The largest absolute Gasteiger partial charge is 0.417 e. The zero-order valence-corrected chi connectivity index (χ0v) is 23.3. The molecule has 0 spiro atoms. The number of nitrogens with zero attached hydrogens (tertiary/aromatic N) is 2. The van der Waals surface area contributed by atoms with Gasteiger partial charge in [0, 0.05) is 38.7 Å². The summed E-state index contributed by atoms with van der Waals surface area (Å²) in [7, 11) is 0. The van der Waals surface area contributed by atoms with Crippen molar-refractivity contribution in [3.63, 3.8) is 0 Å². The molecule has 0 saturated carbocycles. The summed E-state index contributed by atoms with van der Waals surface area (Å²) in [5, 5.41) is -0.246. The lowest BCUT2D eigenvalue weighted by molar-refractivity contribution is -0.137. The van der Waals surface area contributed by atoms with Gasteiger partial charge in [-0.3, -0.25) is 9.80 Å². The SMILES string of the molecule is O=CCN1CCCC(OCCCN(Cc2cccc(C(F)(F)F)c2Cl)CC(c2ccccc2)c2ccccc2)C1. The minimum absolute atomic E-state index is 0.0307. The molecule has 3 aromatic carbocycles. The van der Waals surface area contributed by atoms with E-state index in [4.69, 9.17) is 16.3 Å². The highest BCUT2D eigenvalue weighted by atomic mass is 35.5. The van der Waals surface area contributed by atoms with Crippen LogP contribution in [0.3, 0.4) is 0 Å². The monoisotopic (exact) mass is 572 g/mol. The molecule has 4 rings (SSSR count). The summed E-state index contributed by atoms with van der Waals surface area (Å²) in [6, 6.07) is 24.4. The molecule has 8 heteroatoms. The molecule has 4 nitrogen and oxygen atoms in total. The van der Waals surface area contributed by atoms with Gasteiger partial charge >= 0.3 is 6.18 Å². The van der Waals surface area contributed by atoms with Gasteiger partial charge in [-0.2, -0.15) is 13.2 Å². The predicted octanol–water partition coefficient (Wildman–Crippen LogP) is 7.06. The lowest BCUT2D eigenvalue weighted by atomic mass is 9.90. The van der Waals surface area contributed by atoms with Crippen LogP contribution in [-0.2, 0) is 22.3 Å². The average Bonchev–Trinajstić information content (AvgIpc) is 2.95. The third-order valence-electron chi connectivity index (χ3n) is 7.39. The number of rotatable bonds is 13. The van der Waals surface area contributed by atoms with Crippen molar-refractivity contribution in [2.45, 2.75) is 44.0 Å². The van der Waals surface area contributed by atoms with Gasteiger partial charge in [0.25, 0.3) is 0 Å². The number of carbonyl (C=O) groups is 1. The molecule has 40 heavy (non-hydrogen) atoms. The second-order valence-electron chi connectivity index (χ2n) is 10.3. The van der Waals surface area contributed by atoms with Gasteiger partial charge in [0.2, 0.25) is 0 Å². The van der Waals surface area contributed by atoms with Crippen LogP contribution < -0.4 is 0 Å². The zero-order chi connectivity index (χ0) is 28.4. The topological polar surface area (TPSA) is 32.8 Å². The van der Waals surface area contributed by atoms with Gasteiger partial charge in [-0.25, -0.2) is 0 Å². The molecule has 1 aliphatic heterocycles. The molecule has 0 aliphatic carbocycles. The van der Waals surface area contributed by atoms with Gasteiger partial charge in [-0.1, -0.05) is 84.4 Å². The molecule has 0 amide bonds. The fraction of sp³-hybridized carbons (Fsp3) is 0.406. The van der Waals surface area contributed by atoms with Crippen molar-refractivity contribution in [1.29, 1.82) is 0 Å². The Hall–Kier alpha value is -2.71. The molecule has 0 radical (unpaired) electrons. The Balaban J connectivity index is 1.51. The number of hydrogen-bond donors (Lipinski definition) is 0. The van der Waals surface area contributed by atoms with E-state index >= 15 is 0 Å². The van der Waals surface area contributed by atoms with Gasteiger partial charge in [0.05, 0.1) is 23.2 Å². The van der Waals surface area contributed by atoms with Crippen LogP contribution in [0.1, 0.15) is 47.4 Å². The van der Waals surface area contributed by atoms with Crippen molar-refractivity contribution in [2.75, 3.05) is 39.3 Å². The smallest absolute Gasteiger partial charge is 0.377 e. The minimum Gasteiger partial charge on any atom is -0.377 e. The zero-order valence-electron chi connectivity index (χ0n) is 22.5. The fourth-order valence-electron chi connectivity index (χ4n) is 5.39. The van der Waals surface area contributed by atoms with E-state index in [1.807, 2.05) is 36.4 Å². The summed E-state index contributed by atoms with van der Waals surface area (Å²) in [6.45, 7) is 4.14. The van der Waals surface area contributed by atoms with E-state index in [9.17, 15) is 18.0 Å². The average molecular weight is 573 g/mol. The molecular weight excluding hydrogens is 537 g/mol. The van der Waals surface area contributed by atoms with Crippen molar-refractivity contribution >= 4 is 17.9 Å². The van der Waals surface area contributed by atoms with Crippen LogP contribution in [0.5, 0.6) is 0 Å². The first kappa shape index (κ1) is 30.3. The van der Waals surface area contributed by atoms with Crippen molar-refractivity contribution in [3.05, 3.63) is 106 Å². The first-order valence-electron chi connectivity index (χ1n) is 13.8. The highest BCUT2D eigenvalue weighted by Gasteiger charge is 2.34. The van der Waals surface area contributed by atoms with Crippen LogP contribution >= 0.6 is 11.6 Å². The van der Waals surface area contributed by atoms with Crippen molar-refractivity contribution in [2.24, 2.45) is 0 Å². The summed E-state index contributed by atoms with van der Waals surface area (Å²) in [4.78, 5) is 15.2. The third kappa shape index (κ3) is 8.64. The molecule has 1 atom stereocenters. The second-order valence-corrected chi connectivity index (χ2v) is 10.7. The third-order valence-corrected chi connectivity index (χ3v) is 7.84. The Labute approximate surface area is 239 Å². The Morgan fingerprint density at radius 1 is 1.00 bits per heavy atom. The van der Waals surface area contributed by atoms with Crippen LogP contribution in [-0.4, -0.2) is 61.5 Å². The summed E-state index contributed by atoms with van der Waals surface area (Å²) in [5.74, 6) is 0.0307. The molecule has 1 heterocycles. The molecule has 1 unspecified atom stereocenters. The number of piperidine rings is 1. The minimum atomic E-state index is -4.51. The van der Waals surface area contributed by atoms with E-state index in [-0.39, 0.29) is 23.6 Å². The van der Waals surface area contributed by atoms with Gasteiger partial charge in [0.15, 0.2) is 0 Å². The molecule has 214 valence electrons. The van der Waals surface area contributed by atoms with Gasteiger partial charge in [0.1, 0.15) is 6.29 Å². The molecule has 1 fully saturated rings. The molecule has 0 aromatic heterocycles. The highest BCUT2D eigenvalue weighted by molar-refractivity contribution is 6.32. The number of halogens is 4. The summed E-state index contributed by atoms with van der Waals surface area (Å²) in [5.41, 5.74) is 1.92. The number of benzene rings is 3. The Bertz CT molecular complexity index is 1150. The Morgan fingerprint density at radius 2 is 1.68 bits per heavy atom. The van der Waals surface area contributed by atoms with E-state index in [2.05, 4.69) is 34.1 Å². The molecule has 1 saturated heterocycles. The Morgan fingerprint density at radius 3 is 2.30 bits per heavy atom. The van der Waals surface area contributed by atoms with E-state index in [0.29, 0.717) is 31.8 Å². The number of alkyl halides is 3. The molecular formula is C32H36ClF3N2O2. The van der Waals surface area contributed by atoms with Gasteiger partial charge < -0.3 is 9.53 Å². The van der Waals surface area contributed by atoms with Crippen LogP contribution in [0.15, 0.2) is 78.9 Å². The summed E-state index contributed by atoms with van der Waals surface area (Å²) < 4.78 is 46.9. The molecule has 0 bridgehead atoms. The van der Waals surface area contributed by atoms with Crippen molar-refractivity contribution < 1.29 is 22.7 Å². The highest BCUT2D eigenvalue weighted by Crippen LogP contribution is 2.37. The first-order valence-corrected chi connectivity index (χ1v) is 14.2. The number of ether oxygens (including phenoxy) is 1. The van der Waals surface area contributed by atoms with Crippen LogP contribution in [0, 0.1) is 0 Å². The van der Waals surface area contributed by atoms with Crippen LogP contribution in [0.2, 0.25) is 5.02 Å². The lowest BCUT2D eigenvalue weighted by Crippen LogP contribution is -2.40. The maximum Gasteiger partial charge on any atom is 0.417 e. The number of aldehydes is 1. The maximum absolute atomic E-state index is 13.6. The van der Waals surface area contributed by atoms with E-state index in [1.54, 1.807) is 6.07 Å². The standard InChI is InChI=1S/C32H36ClF3N2O2/c33-31-27(14-7-16-30(31)32(34,35)36)22-38(18-9-21-40-28-15-8-17-37(23-28)19-20-39)24-29(25-10-3-1-4-11-25)26-12-5-2-6-13-26/h1-7,10-14,16,20,28-29H,8-9,15,17-19,21-24H2. The van der Waals surface area contributed by atoms with Crippen LogP contribution in [0.25, 0.3) is 0 Å². The van der Waals surface area contributed by atoms with E-state index < -0.39 is 11.7 Å². The fourth-order valence-corrected chi connectivity index (χ4v) is 5.68. The number of hydrogen-bond acceptors (Lipinski definition) is 4. The summed E-state index contributed by atoms with van der Waals surface area (Å²) in [6.07, 6.45) is -0.828. The van der Waals surface area contributed by atoms with Crippen LogP contribution in [0.4, 0.5) is 13.2 Å². The second kappa shape index (κ2) is 14.8. The molecule has 3 aromatic rings. The van der Waals surface area contributed by atoms with Gasteiger partial charge in [-0.15, -0.1) is 0 Å². The number of likely N-dealkylation sites (tertiary alicyclic amines) is 1. The lowest BCUT2D eigenvalue weighted by Gasteiger charge is -2.32. The van der Waals surface area contributed by atoms with E-state index in [0.717, 1.165) is 55.8 Å². The van der Waals surface area contributed by atoms with Crippen molar-refractivity contribution in [3.8, 4) is 0 Å². The number of carbonyl (C=O) groups excluding carboxylic acids is 1. The predicted molar refractivity (Wildman–Crippen MR) is 153 cm³/mol. The Kier molecular flexibility index (Phi) is 11.2. The normalized spacial score (nSPS) is 16.5. The quantitative estimate of drug-likeness (QED) is 0.162. The van der Waals surface area contributed by atoms with E-state index in [1.165, 1.54) is 6.07 Å². The molecule has 1 aliphatic rings. The first-order chi connectivity index (χ1) is 19.3.